The average Bonchev–Trinajstić information content (AvgIpc) is 2.55. The molecule has 0 radical (unpaired) electrons. The van der Waals surface area contributed by atoms with E-state index in [0.717, 1.165) is 3.57 Å². The predicted octanol–water partition coefficient (Wildman–Crippen LogP) is 4.36. The molecule has 0 saturated heterocycles. The number of hydrogen-bond donors (Lipinski definition) is 1. The Hall–Kier alpha value is -2.15. The van der Waals surface area contributed by atoms with Gasteiger partial charge < -0.3 is 10.1 Å². The summed E-state index contributed by atoms with van der Waals surface area (Å²) < 4.78 is 5.84. The van der Waals surface area contributed by atoms with Crippen molar-refractivity contribution in [2.24, 2.45) is 0 Å². The van der Waals surface area contributed by atoms with Gasteiger partial charge in [0, 0.05) is 9.26 Å². The van der Waals surface area contributed by atoms with E-state index in [1.165, 1.54) is 0 Å². The Balaban J connectivity index is 2.26. The Morgan fingerprint density at radius 1 is 1.26 bits per heavy atom. The van der Waals surface area contributed by atoms with E-state index in [9.17, 15) is 9.59 Å². The summed E-state index contributed by atoms with van der Waals surface area (Å²) in [5, 5.41) is 2.85. The summed E-state index contributed by atoms with van der Waals surface area (Å²) in [5.41, 5.74) is 2.28. The number of anilines is 1. The second-order valence-corrected chi connectivity index (χ2v) is 5.82. The van der Waals surface area contributed by atoms with E-state index >= 15 is 0 Å². The molecule has 2 aromatic carbocycles. The van der Waals surface area contributed by atoms with E-state index in [-0.39, 0.29) is 5.91 Å². The fourth-order valence-corrected chi connectivity index (χ4v) is 2.65. The van der Waals surface area contributed by atoms with E-state index in [2.05, 4.69) is 34.5 Å². The zero-order chi connectivity index (χ0) is 16.8. The third kappa shape index (κ3) is 4.19. The van der Waals surface area contributed by atoms with Gasteiger partial charge in [0.15, 0.2) is 0 Å². The number of carbonyl (C=O) groups excluding carboxylic acids is 2. The van der Waals surface area contributed by atoms with E-state index < -0.39 is 5.97 Å². The van der Waals surface area contributed by atoms with Crippen LogP contribution in [0.15, 0.2) is 49.0 Å². The first-order valence-electron chi connectivity index (χ1n) is 7.06. The Labute approximate surface area is 148 Å². The Morgan fingerprint density at radius 2 is 2.00 bits per heavy atom. The fraction of sp³-hybridized carbons (Fsp3) is 0.111. The van der Waals surface area contributed by atoms with Crippen molar-refractivity contribution >= 4 is 46.2 Å². The molecule has 1 N–H and O–H groups in total. The smallest absolute Gasteiger partial charge is 0.338 e. The van der Waals surface area contributed by atoms with Crippen LogP contribution in [0.2, 0.25) is 0 Å². The van der Waals surface area contributed by atoms with E-state index in [4.69, 9.17) is 4.74 Å². The normalized spacial score (nSPS) is 10.0. The van der Waals surface area contributed by atoms with Crippen molar-refractivity contribution in [1.29, 1.82) is 0 Å². The summed E-state index contributed by atoms with van der Waals surface area (Å²) in [6, 6.07) is 12.3. The Morgan fingerprint density at radius 3 is 2.65 bits per heavy atom. The van der Waals surface area contributed by atoms with E-state index in [1.54, 1.807) is 37.3 Å². The van der Waals surface area contributed by atoms with Crippen LogP contribution in [0.1, 0.15) is 33.2 Å². The molecule has 0 aromatic heterocycles. The molecular weight excluding hydrogens is 405 g/mol. The van der Waals surface area contributed by atoms with Gasteiger partial charge in [-0.2, -0.15) is 0 Å². The van der Waals surface area contributed by atoms with Crippen molar-refractivity contribution < 1.29 is 14.3 Å². The highest BCUT2D eigenvalue weighted by Crippen LogP contribution is 2.21. The van der Waals surface area contributed by atoms with Gasteiger partial charge in [0.1, 0.15) is 0 Å². The number of halogens is 1. The topological polar surface area (TPSA) is 55.4 Å². The highest BCUT2D eigenvalue weighted by atomic mass is 127. The third-order valence-corrected chi connectivity index (χ3v) is 4.09. The van der Waals surface area contributed by atoms with Crippen LogP contribution in [-0.4, -0.2) is 18.5 Å². The van der Waals surface area contributed by atoms with E-state index in [0.29, 0.717) is 29.0 Å². The maximum Gasteiger partial charge on any atom is 0.338 e. The van der Waals surface area contributed by atoms with Gasteiger partial charge in [-0.1, -0.05) is 24.8 Å². The lowest BCUT2D eigenvalue weighted by Crippen LogP contribution is -2.14. The van der Waals surface area contributed by atoms with Crippen LogP contribution in [0.25, 0.3) is 6.08 Å². The minimum Gasteiger partial charge on any atom is -0.462 e. The molecule has 0 fully saturated rings. The van der Waals surface area contributed by atoms with Crippen molar-refractivity contribution in [3.8, 4) is 0 Å². The minimum absolute atomic E-state index is 0.206. The summed E-state index contributed by atoms with van der Waals surface area (Å²) in [6.45, 7) is 5.80. The van der Waals surface area contributed by atoms with Gasteiger partial charge in [-0.25, -0.2) is 4.79 Å². The standard InChI is InChI=1S/C18H16INO3/c1-3-12-11-13(18(22)23-4-2)9-10-16(12)20-17(21)14-7-5-6-8-15(14)19/h3,5-11H,1,4H2,2H3,(H,20,21). The predicted molar refractivity (Wildman–Crippen MR) is 99.6 cm³/mol. The zero-order valence-electron chi connectivity index (χ0n) is 12.6. The van der Waals surface area contributed by atoms with Crippen LogP contribution >= 0.6 is 22.6 Å². The number of carbonyl (C=O) groups is 2. The average molecular weight is 421 g/mol. The van der Waals surface area contributed by atoms with Crippen LogP contribution in [0, 0.1) is 3.57 Å². The maximum absolute atomic E-state index is 12.4. The number of nitrogens with one attached hydrogen (secondary N) is 1. The first kappa shape index (κ1) is 17.2. The van der Waals surface area contributed by atoms with Gasteiger partial charge in [0.2, 0.25) is 0 Å². The van der Waals surface area contributed by atoms with Crippen LogP contribution in [0.4, 0.5) is 5.69 Å². The number of hydrogen-bond acceptors (Lipinski definition) is 3. The molecule has 1 amide bonds. The van der Waals surface area contributed by atoms with Crippen LogP contribution < -0.4 is 5.32 Å². The maximum atomic E-state index is 12.4. The lowest BCUT2D eigenvalue weighted by molar-refractivity contribution is 0.0526. The first-order chi connectivity index (χ1) is 11.1. The molecule has 0 aliphatic rings. The van der Waals surface area contributed by atoms with Crippen LogP contribution in [-0.2, 0) is 4.74 Å². The van der Waals surface area contributed by atoms with Crippen molar-refractivity contribution in [3.63, 3.8) is 0 Å². The Bertz CT molecular complexity index is 756. The molecule has 0 bridgehead atoms. The summed E-state index contributed by atoms with van der Waals surface area (Å²) >= 11 is 2.12. The second kappa shape index (κ2) is 7.92. The molecule has 5 heteroatoms. The molecule has 23 heavy (non-hydrogen) atoms. The number of amides is 1. The largest absolute Gasteiger partial charge is 0.462 e. The van der Waals surface area contributed by atoms with Gasteiger partial charge in [0.25, 0.3) is 5.91 Å². The van der Waals surface area contributed by atoms with Crippen molar-refractivity contribution in [2.45, 2.75) is 6.92 Å². The molecule has 2 rings (SSSR count). The molecule has 0 spiro atoms. The molecule has 0 unspecified atom stereocenters. The molecule has 0 aliphatic carbocycles. The molecule has 118 valence electrons. The lowest BCUT2D eigenvalue weighted by Gasteiger charge is -2.11. The van der Waals surface area contributed by atoms with E-state index in [1.807, 2.05) is 18.2 Å². The van der Waals surface area contributed by atoms with Crippen molar-refractivity contribution in [1.82, 2.24) is 0 Å². The van der Waals surface area contributed by atoms with Crippen molar-refractivity contribution in [2.75, 3.05) is 11.9 Å². The molecule has 2 aromatic rings. The van der Waals surface area contributed by atoms with Gasteiger partial charge in [0.05, 0.1) is 17.7 Å². The summed E-state index contributed by atoms with van der Waals surface area (Å²) in [4.78, 5) is 24.2. The SMILES string of the molecule is C=Cc1cc(C(=O)OCC)ccc1NC(=O)c1ccccc1I. The Kier molecular flexibility index (Phi) is 5.92. The summed E-state index contributed by atoms with van der Waals surface area (Å²) in [7, 11) is 0. The summed E-state index contributed by atoms with van der Waals surface area (Å²) in [6.07, 6.45) is 1.59. The minimum atomic E-state index is -0.397. The number of benzene rings is 2. The fourth-order valence-electron chi connectivity index (χ4n) is 2.02. The molecule has 0 aliphatic heterocycles. The molecule has 0 heterocycles. The highest BCUT2D eigenvalue weighted by Gasteiger charge is 2.13. The van der Waals surface area contributed by atoms with Crippen LogP contribution in [0.5, 0.6) is 0 Å². The number of esters is 1. The lowest BCUT2D eigenvalue weighted by atomic mass is 10.1. The quantitative estimate of drug-likeness (QED) is 0.577. The van der Waals surface area contributed by atoms with Gasteiger partial charge >= 0.3 is 5.97 Å². The zero-order valence-corrected chi connectivity index (χ0v) is 14.8. The summed E-state index contributed by atoms with van der Waals surface area (Å²) in [5.74, 6) is -0.604. The highest BCUT2D eigenvalue weighted by molar-refractivity contribution is 14.1. The number of ether oxygens (including phenoxy) is 1. The van der Waals surface area contributed by atoms with Gasteiger partial charge in [-0.3, -0.25) is 4.79 Å². The first-order valence-corrected chi connectivity index (χ1v) is 8.14. The molecule has 4 nitrogen and oxygen atoms in total. The van der Waals surface area contributed by atoms with Gasteiger partial charge in [-0.15, -0.1) is 0 Å². The van der Waals surface area contributed by atoms with Gasteiger partial charge in [-0.05, 0) is 65.4 Å². The van der Waals surface area contributed by atoms with Crippen molar-refractivity contribution in [3.05, 3.63) is 69.3 Å². The molecular formula is C18H16INO3. The molecule has 0 atom stereocenters. The second-order valence-electron chi connectivity index (χ2n) is 4.66. The van der Waals surface area contributed by atoms with Crippen LogP contribution in [0.3, 0.4) is 0 Å². The molecule has 0 saturated carbocycles. The monoisotopic (exact) mass is 421 g/mol. The third-order valence-electron chi connectivity index (χ3n) is 3.15. The number of rotatable bonds is 5.